The van der Waals surface area contributed by atoms with Gasteiger partial charge in [0.2, 0.25) is 5.91 Å². The third kappa shape index (κ3) is 4.62. The maximum Gasteiger partial charge on any atom is 0.227 e. The van der Waals surface area contributed by atoms with Gasteiger partial charge >= 0.3 is 0 Å². The molecule has 0 bridgehead atoms. The molecule has 1 aliphatic heterocycles. The molecule has 0 radical (unpaired) electrons. The smallest absolute Gasteiger partial charge is 0.227 e. The number of carbonyl (C=O) groups is 1. The highest BCUT2D eigenvalue weighted by molar-refractivity contribution is 7.91. The van der Waals surface area contributed by atoms with E-state index < -0.39 is 15.1 Å². The maximum atomic E-state index is 12.9. The molecule has 4 rings (SSSR count). The van der Waals surface area contributed by atoms with Crippen LogP contribution in [0, 0.1) is 0 Å². The standard InChI is InChI=1S/C25H25NO3S/c27-25(19-20-11-13-22(14-12-20)21-7-3-1-4-8-21)26-16-15-24(30(28,29)18-17-26)23-9-5-2-6-10-23/h1-14,24H,15-19H2. The zero-order chi connectivity index (χ0) is 21.0. The lowest BCUT2D eigenvalue weighted by atomic mass is 10.0. The van der Waals surface area contributed by atoms with Gasteiger partial charge in [-0.05, 0) is 28.7 Å². The summed E-state index contributed by atoms with van der Waals surface area (Å²) in [6.07, 6.45) is 0.718. The van der Waals surface area contributed by atoms with Gasteiger partial charge in [-0.15, -0.1) is 0 Å². The number of hydrogen-bond donors (Lipinski definition) is 0. The summed E-state index contributed by atoms with van der Waals surface area (Å²) in [4.78, 5) is 14.6. The monoisotopic (exact) mass is 419 g/mol. The molecule has 30 heavy (non-hydrogen) atoms. The minimum Gasteiger partial charge on any atom is -0.341 e. The summed E-state index contributed by atoms with van der Waals surface area (Å²) in [5, 5.41) is -0.540. The number of hydrogen-bond acceptors (Lipinski definition) is 3. The number of amides is 1. The van der Waals surface area contributed by atoms with Crippen molar-refractivity contribution in [2.45, 2.75) is 18.1 Å². The van der Waals surface area contributed by atoms with Gasteiger partial charge in [-0.3, -0.25) is 4.79 Å². The molecule has 1 heterocycles. The van der Waals surface area contributed by atoms with Gasteiger partial charge in [-0.2, -0.15) is 0 Å². The molecular formula is C25H25NO3S. The number of benzene rings is 3. The Labute approximate surface area is 178 Å². The van der Waals surface area contributed by atoms with Crippen LogP contribution in [0.4, 0.5) is 0 Å². The Hall–Kier alpha value is -2.92. The van der Waals surface area contributed by atoms with Gasteiger partial charge in [0.25, 0.3) is 0 Å². The first-order valence-corrected chi connectivity index (χ1v) is 11.9. The number of rotatable bonds is 4. The highest BCUT2D eigenvalue weighted by Crippen LogP contribution is 2.29. The maximum absolute atomic E-state index is 12.9. The van der Waals surface area contributed by atoms with E-state index in [1.54, 1.807) is 4.90 Å². The Morgan fingerprint density at radius 3 is 2.07 bits per heavy atom. The first-order valence-electron chi connectivity index (χ1n) is 10.2. The Bertz CT molecular complexity index is 1090. The molecule has 0 saturated carbocycles. The van der Waals surface area contributed by atoms with Crippen molar-refractivity contribution in [2.75, 3.05) is 18.8 Å². The summed E-state index contributed by atoms with van der Waals surface area (Å²) in [5.41, 5.74) is 3.99. The Balaban J connectivity index is 1.43. The molecule has 1 amide bonds. The zero-order valence-electron chi connectivity index (χ0n) is 16.8. The van der Waals surface area contributed by atoms with Crippen molar-refractivity contribution in [2.24, 2.45) is 0 Å². The van der Waals surface area contributed by atoms with E-state index in [1.165, 1.54) is 0 Å². The van der Waals surface area contributed by atoms with E-state index in [0.717, 1.165) is 22.3 Å². The van der Waals surface area contributed by atoms with Crippen LogP contribution in [0.25, 0.3) is 11.1 Å². The molecule has 0 N–H and O–H groups in total. The average molecular weight is 420 g/mol. The molecular weight excluding hydrogens is 394 g/mol. The van der Waals surface area contributed by atoms with Gasteiger partial charge in [0.05, 0.1) is 17.4 Å². The van der Waals surface area contributed by atoms with E-state index in [4.69, 9.17) is 0 Å². The van der Waals surface area contributed by atoms with Gasteiger partial charge < -0.3 is 4.90 Å². The van der Waals surface area contributed by atoms with Gasteiger partial charge in [0, 0.05) is 13.1 Å². The lowest BCUT2D eigenvalue weighted by Gasteiger charge is -2.20. The van der Waals surface area contributed by atoms with Crippen LogP contribution < -0.4 is 0 Å². The third-order valence-corrected chi connectivity index (χ3v) is 7.81. The van der Waals surface area contributed by atoms with Crippen LogP contribution in [0.3, 0.4) is 0 Å². The Morgan fingerprint density at radius 1 is 0.800 bits per heavy atom. The van der Waals surface area contributed by atoms with Crippen LogP contribution >= 0.6 is 0 Å². The fourth-order valence-corrected chi connectivity index (χ4v) is 5.76. The third-order valence-electron chi connectivity index (χ3n) is 5.68. The van der Waals surface area contributed by atoms with Crippen LogP contribution in [-0.4, -0.2) is 38.1 Å². The van der Waals surface area contributed by atoms with E-state index in [-0.39, 0.29) is 24.6 Å². The second-order valence-electron chi connectivity index (χ2n) is 7.68. The van der Waals surface area contributed by atoms with Crippen molar-refractivity contribution in [3.05, 3.63) is 96.1 Å². The van der Waals surface area contributed by atoms with Crippen LogP contribution in [0.5, 0.6) is 0 Å². The quantitative estimate of drug-likeness (QED) is 0.634. The van der Waals surface area contributed by atoms with Gasteiger partial charge in [-0.1, -0.05) is 84.9 Å². The summed E-state index contributed by atoms with van der Waals surface area (Å²) in [5.74, 6) is -0.0167. The predicted molar refractivity (Wildman–Crippen MR) is 120 cm³/mol. The summed E-state index contributed by atoms with van der Waals surface area (Å²) in [7, 11) is -3.28. The Morgan fingerprint density at radius 2 is 1.40 bits per heavy atom. The SMILES string of the molecule is O=C(Cc1ccc(-c2ccccc2)cc1)N1CCC(c2ccccc2)S(=O)(=O)CC1. The predicted octanol–water partition coefficient (Wildman–Crippen LogP) is 4.28. The molecule has 1 saturated heterocycles. The van der Waals surface area contributed by atoms with Crippen molar-refractivity contribution >= 4 is 15.7 Å². The van der Waals surface area contributed by atoms with Crippen LogP contribution in [0.2, 0.25) is 0 Å². The summed E-state index contributed by atoms with van der Waals surface area (Å²) >= 11 is 0. The fraction of sp³-hybridized carbons (Fsp3) is 0.240. The second-order valence-corrected chi connectivity index (χ2v) is 9.98. The molecule has 1 fully saturated rings. The van der Waals surface area contributed by atoms with Crippen LogP contribution in [-0.2, 0) is 21.1 Å². The van der Waals surface area contributed by atoms with E-state index in [2.05, 4.69) is 12.1 Å². The van der Waals surface area contributed by atoms with Gasteiger partial charge in [-0.25, -0.2) is 8.42 Å². The molecule has 0 spiro atoms. The van der Waals surface area contributed by atoms with Crippen molar-refractivity contribution in [3.8, 4) is 11.1 Å². The highest BCUT2D eigenvalue weighted by atomic mass is 32.2. The first kappa shape index (κ1) is 20.4. The summed E-state index contributed by atoms with van der Waals surface area (Å²) in [6, 6.07) is 27.4. The Kier molecular flexibility index (Phi) is 6.00. The molecule has 1 unspecified atom stereocenters. The number of sulfone groups is 1. The van der Waals surface area contributed by atoms with Crippen LogP contribution in [0.15, 0.2) is 84.9 Å². The molecule has 3 aromatic rings. The molecule has 0 aliphatic carbocycles. The average Bonchev–Trinajstić information content (AvgIpc) is 2.93. The summed E-state index contributed by atoms with van der Waals surface area (Å²) < 4.78 is 25.5. The van der Waals surface area contributed by atoms with E-state index in [1.807, 2.05) is 72.8 Å². The fourth-order valence-electron chi connectivity index (χ4n) is 3.97. The van der Waals surface area contributed by atoms with Crippen molar-refractivity contribution in [1.29, 1.82) is 0 Å². The molecule has 3 aromatic carbocycles. The van der Waals surface area contributed by atoms with Gasteiger partial charge in [0.1, 0.15) is 0 Å². The highest BCUT2D eigenvalue weighted by Gasteiger charge is 2.32. The molecule has 5 heteroatoms. The first-order chi connectivity index (χ1) is 14.5. The molecule has 154 valence electrons. The van der Waals surface area contributed by atoms with E-state index in [9.17, 15) is 13.2 Å². The molecule has 1 atom stereocenters. The van der Waals surface area contributed by atoms with Crippen molar-refractivity contribution in [3.63, 3.8) is 0 Å². The number of carbonyl (C=O) groups excluding carboxylic acids is 1. The molecule has 1 aliphatic rings. The van der Waals surface area contributed by atoms with E-state index >= 15 is 0 Å². The lowest BCUT2D eigenvalue weighted by molar-refractivity contribution is -0.130. The van der Waals surface area contributed by atoms with Crippen molar-refractivity contribution < 1.29 is 13.2 Å². The zero-order valence-corrected chi connectivity index (χ0v) is 17.6. The van der Waals surface area contributed by atoms with E-state index in [0.29, 0.717) is 13.0 Å². The largest absolute Gasteiger partial charge is 0.341 e. The second kappa shape index (κ2) is 8.84. The number of nitrogens with zero attached hydrogens (tertiary/aromatic N) is 1. The summed E-state index contributed by atoms with van der Waals surface area (Å²) in [6.45, 7) is 0.715. The molecule has 4 nitrogen and oxygen atoms in total. The minimum absolute atomic E-state index is 0.00520. The lowest BCUT2D eigenvalue weighted by Crippen LogP contribution is -2.34. The van der Waals surface area contributed by atoms with Gasteiger partial charge in [0.15, 0.2) is 9.84 Å². The van der Waals surface area contributed by atoms with Crippen LogP contribution in [0.1, 0.15) is 22.8 Å². The van der Waals surface area contributed by atoms with Crippen molar-refractivity contribution in [1.82, 2.24) is 4.90 Å². The normalized spacial score (nSPS) is 18.5. The minimum atomic E-state index is -3.28. The molecule has 0 aromatic heterocycles. The topological polar surface area (TPSA) is 54.5 Å².